The van der Waals surface area contributed by atoms with Gasteiger partial charge in [-0.1, -0.05) is 15.9 Å². The van der Waals surface area contributed by atoms with E-state index in [9.17, 15) is 10.1 Å². The summed E-state index contributed by atoms with van der Waals surface area (Å²) in [5, 5.41) is 14.1. The summed E-state index contributed by atoms with van der Waals surface area (Å²) in [4.78, 5) is 10.6. The van der Waals surface area contributed by atoms with E-state index in [1.165, 1.54) is 6.07 Å². The van der Waals surface area contributed by atoms with Crippen LogP contribution in [-0.4, -0.2) is 9.49 Å². The molecule has 0 amide bonds. The summed E-state index contributed by atoms with van der Waals surface area (Å²) in [5.74, 6) is 0. The number of halogens is 1. The smallest absolute Gasteiger partial charge is 0.293 e. The van der Waals surface area contributed by atoms with Crippen LogP contribution >= 0.6 is 15.9 Å². The molecular formula is C13H14BrN3O2. The van der Waals surface area contributed by atoms with E-state index in [0.717, 1.165) is 12.2 Å². The molecule has 1 heterocycles. The predicted octanol–water partition coefficient (Wildman–Crippen LogP) is 3.79. The minimum atomic E-state index is -0.383. The molecule has 0 aliphatic rings. The Kier molecular flexibility index (Phi) is 4.21. The summed E-state index contributed by atoms with van der Waals surface area (Å²) in [5.41, 5.74) is 1.70. The second kappa shape index (κ2) is 5.88. The second-order valence-electron chi connectivity index (χ2n) is 4.06. The van der Waals surface area contributed by atoms with Crippen molar-refractivity contribution < 1.29 is 4.92 Å². The third-order valence-corrected chi connectivity index (χ3v) is 3.37. The fraction of sp³-hybridized carbons (Fsp3) is 0.231. The molecular weight excluding hydrogens is 310 g/mol. The third-order valence-electron chi connectivity index (χ3n) is 2.88. The fourth-order valence-electron chi connectivity index (χ4n) is 1.91. The van der Waals surface area contributed by atoms with Crippen LogP contribution in [0.25, 0.3) is 0 Å². The predicted molar refractivity (Wildman–Crippen MR) is 78.2 cm³/mol. The van der Waals surface area contributed by atoms with E-state index in [1.54, 1.807) is 12.1 Å². The third kappa shape index (κ3) is 3.14. The SMILES string of the molecule is CCn1cccc1CNc1ccc(Br)cc1[N+](=O)[O-]. The van der Waals surface area contributed by atoms with E-state index in [0.29, 0.717) is 16.7 Å². The molecule has 0 saturated carbocycles. The van der Waals surface area contributed by atoms with Crippen molar-refractivity contribution in [3.63, 3.8) is 0 Å². The lowest BCUT2D eigenvalue weighted by atomic mass is 10.2. The Morgan fingerprint density at radius 3 is 2.89 bits per heavy atom. The van der Waals surface area contributed by atoms with Gasteiger partial charge < -0.3 is 9.88 Å². The molecule has 0 saturated heterocycles. The molecule has 2 rings (SSSR count). The molecule has 0 radical (unpaired) electrons. The number of nitrogens with zero attached hydrogens (tertiary/aromatic N) is 2. The first-order valence-electron chi connectivity index (χ1n) is 5.93. The maximum absolute atomic E-state index is 11.0. The summed E-state index contributed by atoms with van der Waals surface area (Å²) in [6.07, 6.45) is 1.99. The summed E-state index contributed by atoms with van der Waals surface area (Å²) in [7, 11) is 0. The minimum Gasteiger partial charge on any atom is -0.374 e. The number of nitrogens with one attached hydrogen (secondary N) is 1. The molecule has 0 aliphatic heterocycles. The largest absolute Gasteiger partial charge is 0.374 e. The number of aryl methyl sites for hydroxylation is 1. The van der Waals surface area contributed by atoms with Gasteiger partial charge in [0.25, 0.3) is 5.69 Å². The van der Waals surface area contributed by atoms with Gasteiger partial charge in [0.15, 0.2) is 0 Å². The Morgan fingerprint density at radius 1 is 1.42 bits per heavy atom. The number of rotatable bonds is 5. The molecule has 1 aromatic heterocycles. The zero-order valence-electron chi connectivity index (χ0n) is 10.5. The molecule has 1 N–H and O–H groups in total. The van der Waals surface area contributed by atoms with Crippen molar-refractivity contribution in [2.24, 2.45) is 0 Å². The summed E-state index contributed by atoms with van der Waals surface area (Å²) in [6, 6.07) is 8.97. The van der Waals surface area contributed by atoms with Crippen LogP contribution in [0.2, 0.25) is 0 Å². The lowest BCUT2D eigenvalue weighted by Crippen LogP contribution is -2.07. The Labute approximate surface area is 119 Å². The van der Waals surface area contributed by atoms with Gasteiger partial charge in [-0.3, -0.25) is 10.1 Å². The number of anilines is 1. The molecule has 5 nitrogen and oxygen atoms in total. The molecule has 0 bridgehead atoms. The molecule has 2 aromatic rings. The summed E-state index contributed by atoms with van der Waals surface area (Å²) in [6.45, 7) is 3.50. The normalized spacial score (nSPS) is 10.4. The Balaban J connectivity index is 2.18. The monoisotopic (exact) mass is 323 g/mol. The Hall–Kier alpha value is -1.82. The van der Waals surface area contributed by atoms with Crippen molar-refractivity contribution >= 4 is 27.3 Å². The first-order chi connectivity index (χ1) is 9.11. The average molecular weight is 324 g/mol. The Bertz CT molecular complexity index is 595. The van der Waals surface area contributed by atoms with E-state index in [4.69, 9.17) is 0 Å². The van der Waals surface area contributed by atoms with Crippen molar-refractivity contribution in [2.45, 2.75) is 20.0 Å². The highest BCUT2D eigenvalue weighted by Crippen LogP contribution is 2.28. The second-order valence-corrected chi connectivity index (χ2v) is 4.97. The van der Waals surface area contributed by atoms with Gasteiger partial charge in [-0.2, -0.15) is 0 Å². The Morgan fingerprint density at radius 2 is 2.21 bits per heavy atom. The van der Waals surface area contributed by atoms with E-state index in [-0.39, 0.29) is 10.6 Å². The van der Waals surface area contributed by atoms with E-state index < -0.39 is 0 Å². The number of aromatic nitrogens is 1. The van der Waals surface area contributed by atoms with Crippen LogP contribution in [0, 0.1) is 10.1 Å². The van der Waals surface area contributed by atoms with Gasteiger partial charge in [0.2, 0.25) is 0 Å². The van der Waals surface area contributed by atoms with Gasteiger partial charge in [0.1, 0.15) is 5.69 Å². The maximum Gasteiger partial charge on any atom is 0.293 e. The highest BCUT2D eigenvalue weighted by molar-refractivity contribution is 9.10. The van der Waals surface area contributed by atoms with E-state index in [1.807, 2.05) is 18.3 Å². The van der Waals surface area contributed by atoms with Crippen LogP contribution in [0.1, 0.15) is 12.6 Å². The van der Waals surface area contributed by atoms with Gasteiger partial charge in [0, 0.05) is 29.0 Å². The summed E-state index contributed by atoms with van der Waals surface area (Å²) >= 11 is 3.24. The topological polar surface area (TPSA) is 60.1 Å². The molecule has 0 fully saturated rings. The van der Waals surface area contributed by atoms with E-state index in [2.05, 4.69) is 32.7 Å². The standard InChI is InChI=1S/C13H14BrN3O2/c1-2-16-7-3-4-11(16)9-15-12-6-5-10(14)8-13(12)17(18)19/h3-8,15H,2,9H2,1H3. The molecule has 0 unspecified atom stereocenters. The number of benzene rings is 1. The molecule has 6 heteroatoms. The van der Waals surface area contributed by atoms with Crippen molar-refractivity contribution in [3.8, 4) is 0 Å². The first-order valence-corrected chi connectivity index (χ1v) is 6.73. The van der Waals surface area contributed by atoms with Gasteiger partial charge in [-0.25, -0.2) is 0 Å². The first kappa shape index (κ1) is 13.6. The van der Waals surface area contributed by atoms with Crippen molar-refractivity contribution in [3.05, 3.63) is 56.8 Å². The highest BCUT2D eigenvalue weighted by Gasteiger charge is 2.14. The van der Waals surface area contributed by atoms with Gasteiger partial charge in [-0.15, -0.1) is 0 Å². The molecule has 100 valence electrons. The zero-order valence-corrected chi connectivity index (χ0v) is 12.1. The maximum atomic E-state index is 11.0. The van der Waals surface area contributed by atoms with Crippen molar-refractivity contribution in [2.75, 3.05) is 5.32 Å². The van der Waals surface area contributed by atoms with Crippen molar-refractivity contribution in [1.82, 2.24) is 4.57 Å². The number of nitro groups is 1. The van der Waals surface area contributed by atoms with Crippen LogP contribution in [-0.2, 0) is 13.1 Å². The molecule has 1 aromatic carbocycles. The lowest BCUT2D eigenvalue weighted by Gasteiger charge is -2.09. The molecule has 0 atom stereocenters. The quantitative estimate of drug-likeness (QED) is 0.672. The summed E-state index contributed by atoms with van der Waals surface area (Å²) < 4.78 is 2.79. The van der Waals surface area contributed by atoms with E-state index >= 15 is 0 Å². The fourth-order valence-corrected chi connectivity index (χ4v) is 2.26. The van der Waals surface area contributed by atoms with Gasteiger partial charge >= 0.3 is 0 Å². The van der Waals surface area contributed by atoms with Crippen LogP contribution in [0.3, 0.4) is 0 Å². The van der Waals surface area contributed by atoms with Crippen molar-refractivity contribution in [1.29, 1.82) is 0 Å². The van der Waals surface area contributed by atoms with Crippen LogP contribution < -0.4 is 5.32 Å². The lowest BCUT2D eigenvalue weighted by molar-refractivity contribution is -0.384. The molecule has 19 heavy (non-hydrogen) atoms. The zero-order chi connectivity index (χ0) is 13.8. The van der Waals surface area contributed by atoms with Gasteiger partial charge in [-0.05, 0) is 31.2 Å². The van der Waals surface area contributed by atoms with Gasteiger partial charge in [0.05, 0.1) is 11.5 Å². The van der Waals surface area contributed by atoms with Crippen LogP contribution in [0.4, 0.5) is 11.4 Å². The van der Waals surface area contributed by atoms with Crippen LogP contribution in [0.5, 0.6) is 0 Å². The minimum absolute atomic E-state index is 0.0731. The molecule has 0 aliphatic carbocycles. The number of hydrogen-bond acceptors (Lipinski definition) is 3. The number of nitro benzene ring substituents is 1. The average Bonchev–Trinajstić information content (AvgIpc) is 2.84. The number of hydrogen-bond donors (Lipinski definition) is 1. The molecule has 0 spiro atoms. The highest BCUT2D eigenvalue weighted by atomic mass is 79.9. The van der Waals surface area contributed by atoms with Crippen LogP contribution in [0.15, 0.2) is 41.0 Å².